The van der Waals surface area contributed by atoms with Gasteiger partial charge in [0.15, 0.2) is 16.6 Å². The van der Waals surface area contributed by atoms with Crippen LogP contribution in [0.5, 0.6) is 0 Å². The zero-order valence-electron chi connectivity index (χ0n) is 12.9. The summed E-state index contributed by atoms with van der Waals surface area (Å²) in [5.74, 6) is 2.40. The van der Waals surface area contributed by atoms with E-state index in [-0.39, 0.29) is 22.5 Å². The largest absolute Gasteiger partial charge is 0.456 e. The van der Waals surface area contributed by atoms with Gasteiger partial charge in [0.25, 0.3) is 0 Å². The van der Waals surface area contributed by atoms with Crippen molar-refractivity contribution >= 4 is 39.7 Å². The van der Waals surface area contributed by atoms with Gasteiger partial charge in [0.1, 0.15) is 17.0 Å². The van der Waals surface area contributed by atoms with Gasteiger partial charge in [0, 0.05) is 23.9 Å². The van der Waals surface area contributed by atoms with Crippen molar-refractivity contribution in [1.82, 2.24) is 4.98 Å². The molecule has 3 N–H and O–H groups in total. The Hall–Kier alpha value is -2.07. The molecule has 4 nitrogen and oxygen atoms in total. The molecule has 1 atom stereocenters. The lowest BCUT2D eigenvalue weighted by Crippen LogP contribution is -2.17. The maximum absolute atomic E-state index is 14.5. The number of hydrogen-bond donors (Lipinski definition) is 2. The Kier molecular flexibility index (Phi) is 4.76. The predicted molar refractivity (Wildman–Crippen MR) is 95.9 cm³/mol. The number of nitrogens with one attached hydrogen (secondary N) is 1. The molecule has 0 spiro atoms. The minimum Gasteiger partial charge on any atom is -0.456 e. The van der Waals surface area contributed by atoms with Gasteiger partial charge in [-0.2, -0.15) is 0 Å². The molecule has 0 bridgehead atoms. The van der Waals surface area contributed by atoms with E-state index in [1.807, 2.05) is 24.4 Å². The molecule has 0 aliphatic rings. The van der Waals surface area contributed by atoms with E-state index in [1.54, 1.807) is 11.3 Å². The minimum absolute atomic E-state index is 0.152. The van der Waals surface area contributed by atoms with Crippen molar-refractivity contribution in [2.75, 3.05) is 5.32 Å². The first-order valence-corrected chi connectivity index (χ1v) is 8.55. The van der Waals surface area contributed by atoms with Gasteiger partial charge in [-0.3, -0.25) is 0 Å². The molecular weight excluding hydrogens is 349 g/mol. The summed E-state index contributed by atoms with van der Waals surface area (Å²) in [5.41, 5.74) is 7.08. The lowest BCUT2D eigenvalue weighted by molar-refractivity contribution is 0.522. The van der Waals surface area contributed by atoms with Crippen molar-refractivity contribution in [3.8, 4) is 12.3 Å². The van der Waals surface area contributed by atoms with Gasteiger partial charge >= 0.3 is 0 Å². The number of halogens is 2. The smallest absolute Gasteiger partial charge is 0.187 e. The molecule has 0 radical (unpaired) electrons. The predicted octanol–water partition coefficient (Wildman–Crippen LogP) is 4.16. The lowest BCUT2D eigenvalue weighted by Gasteiger charge is -2.08. The third-order valence-electron chi connectivity index (χ3n) is 3.46. The fraction of sp³-hybridized carbons (Fsp3) is 0.235. The summed E-state index contributed by atoms with van der Waals surface area (Å²) in [6.07, 6.45) is 6.01. The van der Waals surface area contributed by atoms with Crippen LogP contribution in [0.15, 0.2) is 21.9 Å². The van der Waals surface area contributed by atoms with Crippen molar-refractivity contribution in [2.45, 2.75) is 25.9 Å². The van der Waals surface area contributed by atoms with Crippen molar-refractivity contribution < 1.29 is 8.81 Å². The Labute approximate surface area is 147 Å². The van der Waals surface area contributed by atoms with Gasteiger partial charge in [-0.25, -0.2) is 9.37 Å². The summed E-state index contributed by atoms with van der Waals surface area (Å²) in [5, 5.41) is 4.74. The second kappa shape index (κ2) is 6.81. The quantitative estimate of drug-likeness (QED) is 0.527. The lowest BCUT2D eigenvalue weighted by atomic mass is 10.1. The minimum atomic E-state index is -0.662. The molecule has 0 amide bonds. The van der Waals surface area contributed by atoms with Gasteiger partial charge < -0.3 is 15.5 Å². The third kappa shape index (κ3) is 3.11. The van der Waals surface area contributed by atoms with Crippen LogP contribution in [0.4, 0.5) is 10.1 Å². The third-order valence-corrected chi connectivity index (χ3v) is 4.59. The summed E-state index contributed by atoms with van der Waals surface area (Å²) >= 11 is 7.50. The molecule has 0 aliphatic heterocycles. The van der Waals surface area contributed by atoms with Gasteiger partial charge in [-0.1, -0.05) is 23.6 Å². The van der Waals surface area contributed by atoms with E-state index >= 15 is 0 Å². The monoisotopic (exact) mass is 363 g/mol. The van der Waals surface area contributed by atoms with Crippen LogP contribution >= 0.6 is 22.9 Å². The normalized spacial score (nSPS) is 12.3. The second-order valence-electron chi connectivity index (χ2n) is 5.43. The molecule has 24 heavy (non-hydrogen) atoms. The van der Waals surface area contributed by atoms with Crippen LogP contribution in [0.2, 0.25) is 5.15 Å². The number of hydrogen-bond acceptors (Lipinski definition) is 5. The highest BCUT2D eigenvalue weighted by molar-refractivity contribution is 7.09. The SMILES string of the molecule is C#Cc1c(CC(C)N)oc2c(NCc3cccs3)c(F)c(Cl)nc12. The molecule has 0 aromatic carbocycles. The van der Waals surface area contributed by atoms with E-state index in [0.717, 1.165) is 4.88 Å². The van der Waals surface area contributed by atoms with Gasteiger partial charge in [0.2, 0.25) is 0 Å². The summed E-state index contributed by atoms with van der Waals surface area (Å²) in [6, 6.07) is 3.73. The topological polar surface area (TPSA) is 64.1 Å². The van der Waals surface area contributed by atoms with E-state index < -0.39 is 5.82 Å². The Morgan fingerprint density at radius 3 is 3.00 bits per heavy atom. The Morgan fingerprint density at radius 1 is 1.58 bits per heavy atom. The van der Waals surface area contributed by atoms with Gasteiger partial charge in [-0.15, -0.1) is 17.8 Å². The van der Waals surface area contributed by atoms with E-state index in [4.69, 9.17) is 28.2 Å². The van der Waals surface area contributed by atoms with Gasteiger partial charge in [0.05, 0.1) is 5.56 Å². The number of terminal acetylenes is 1. The van der Waals surface area contributed by atoms with E-state index in [1.165, 1.54) is 0 Å². The first-order valence-electron chi connectivity index (χ1n) is 7.30. The van der Waals surface area contributed by atoms with Crippen molar-refractivity contribution in [1.29, 1.82) is 0 Å². The molecule has 0 fully saturated rings. The average molecular weight is 364 g/mol. The number of fused-ring (bicyclic) bond motifs is 1. The maximum atomic E-state index is 14.5. The van der Waals surface area contributed by atoms with E-state index in [9.17, 15) is 4.39 Å². The van der Waals surface area contributed by atoms with Crippen LogP contribution in [0.25, 0.3) is 11.1 Å². The second-order valence-corrected chi connectivity index (χ2v) is 6.82. The first-order chi connectivity index (χ1) is 11.5. The number of furan rings is 1. The number of rotatable bonds is 5. The average Bonchev–Trinajstić information content (AvgIpc) is 3.15. The fourth-order valence-electron chi connectivity index (χ4n) is 2.43. The van der Waals surface area contributed by atoms with E-state index in [0.29, 0.717) is 29.8 Å². The molecule has 1 unspecified atom stereocenters. The van der Waals surface area contributed by atoms with Crippen molar-refractivity contribution in [3.05, 3.63) is 44.7 Å². The number of aromatic nitrogens is 1. The molecule has 3 aromatic rings. The molecule has 3 heterocycles. The summed E-state index contributed by atoms with van der Waals surface area (Å²) in [4.78, 5) is 5.11. The summed E-state index contributed by atoms with van der Waals surface area (Å²) in [7, 11) is 0. The maximum Gasteiger partial charge on any atom is 0.187 e. The van der Waals surface area contributed by atoms with Crippen LogP contribution in [0.3, 0.4) is 0 Å². The van der Waals surface area contributed by atoms with Crippen molar-refractivity contribution in [2.24, 2.45) is 5.73 Å². The number of anilines is 1. The van der Waals surface area contributed by atoms with Crippen LogP contribution in [0.1, 0.15) is 23.1 Å². The highest BCUT2D eigenvalue weighted by Gasteiger charge is 2.23. The molecule has 0 saturated carbocycles. The Morgan fingerprint density at radius 2 is 2.38 bits per heavy atom. The molecule has 0 saturated heterocycles. The van der Waals surface area contributed by atoms with Crippen molar-refractivity contribution in [3.63, 3.8) is 0 Å². The molecule has 124 valence electrons. The number of nitrogens with zero attached hydrogens (tertiary/aromatic N) is 1. The Bertz CT molecular complexity index is 912. The first kappa shape index (κ1) is 16.8. The number of thiophene rings is 1. The zero-order valence-corrected chi connectivity index (χ0v) is 14.5. The van der Waals surface area contributed by atoms with Crippen LogP contribution in [-0.4, -0.2) is 11.0 Å². The number of pyridine rings is 1. The van der Waals surface area contributed by atoms with Gasteiger partial charge in [-0.05, 0) is 18.4 Å². The highest BCUT2D eigenvalue weighted by Crippen LogP contribution is 2.35. The summed E-state index contributed by atoms with van der Waals surface area (Å²) < 4.78 is 20.3. The van der Waals surface area contributed by atoms with Crippen LogP contribution in [-0.2, 0) is 13.0 Å². The zero-order chi connectivity index (χ0) is 17.3. The molecule has 0 aliphatic carbocycles. The Balaban J connectivity index is 2.11. The van der Waals surface area contributed by atoms with Crippen LogP contribution in [0, 0.1) is 18.2 Å². The molecule has 7 heteroatoms. The fourth-order valence-corrected chi connectivity index (χ4v) is 3.25. The number of nitrogens with two attached hydrogens (primary N) is 1. The molecular formula is C17H15ClFN3OS. The van der Waals surface area contributed by atoms with Crippen LogP contribution < -0.4 is 11.1 Å². The highest BCUT2D eigenvalue weighted by atomic mass is 35.5. The van der Waals surface area contributed by atoms with E-state index in [2.05, 4.69) is 16.2 Å². The standard InChI is InChI=1S/C17H15ClFN3OS/c1-3-11-12(7-9(2)20)23-16-14(11)22-17(18)13(19)15(16)21-8-10-5-4-6-24-10/h1,4-6,9H,7-8,20H2,2H3,(H,21,22). The molecule has 3 aromatic heterocycles. The summed E-state index contributed by atoms with van der Waals surface area (Å²) in [6.45, 7) is 2.28. The molecule has 3 rings (SSSR count).